The molecule has 0 saturated heterocycles. The molecule has 0 unspecified atom stereocenters. The van der Waals surface area contributed by atoms with Crippen LogP contribution >= 0.6 is 11.8 Å². The number of aryl methyl sites for hydroxylation is 1. The maximum atomic E-state index is 11.5. The van der Waals surface area contributed by atoms with E-state index in [2.05, 4.69) is 40.7 Å². The first-order valence-corrected chi connectivity index (χ1v) is 6.32. The molecule has 1 aromatic heterocycles. The van der Waals surface area contributed by atoms with Gasteiger partial charge in [0.1, 0.15) is 0 Å². The van der Waals surface area contributed by atoms with Crippen LogP contribution in [0.1, 0.15) is 16.8 Å². The lowest BCUT2D eigenvalue weighted by Gasteiger charge is -2.01. The van der Waals surface area contributed by atoms with Gasteiger partial charge in [0.15, 0.2) is 0 Å². The van der Waals surface area contributed by atoms with Gasteiger partial charge in [0.25, 0.3) is 5.56 Å². The van der Waals surface area contributed by atoms with E-state index in [0.29, 0.717) is 6.42 Å². The third-order valence-corrected chi connectivity index (χ3v) is 3.37. The fourth-order valence-corrected chi connectivity index (χ4v) is 2.04. The van der Waals surface area contributed by atoms with Crippen molar-refractivity contribution in [2.45, 2.75) is 18.2 Å². The molecule has 0 spiro atoms. The van der Waals surface area contributed by atoms with Crippen molar-refractivity contribution in [1.82, 2.24) is 10.2 Å². The van der Waals surface area contributed by atoms with E-state index >= 15 is 0 Å². The van der Waals surface area contributed by atoms with E-state index in [9.17, 15) is 4.79 Å². The number of benzene rings is 1. The molecule has 0 amide bonds. The van der Waals surface area contributed by atoms with E-state index in [1.807, 2.05) is 6.92 Å². The molecule has 4 heteroatoms. The van der Waals surface area contributed by atoms with Crippen molar-refractivity contribution in [3.63, 3.8) is 0 Å². The molecule has 0 atom stereocenters. The number of aromatic nitrogens is 2. The first kappa shape index (κ1) is 11.1. The summed E-state index contributed by atoms with van der Waals surface area (Å²) >= 11 is 1.72. The molecule has 16 heavy (non-hydrogen) atoms. The molecule has 84 valence electrons. The Bertz CT molecular complexity index is 525. The molecule has 0 radical (unpaired) electrons. The van der Waals surface area contributed by atoms with E-state index in [1.54, 1.807) is 11.8 Å². The van der Waals surface area contributed by atoms with E-state index in [1.165, 1.54) is 4.90 Å². The van der Waals surface area contributed by atoms with E-state index in [0.717, 1.165) is 16.8 Å². The van der Waals surface area contributed by atoms with Crippen molar-refractivity contribution >= 4 is 11.8 Å². The van der Waals surface area contributed by atoms with Crippen LogP contribution in [0.4, 0.5) is 0 Å². The van der Waals surface area contributed by atoms with Crippen molar-refractivity contribution in [2.24, 2.45) is 0 Å². The molecule has 1 heterocycles. The quantitative estimate of drug-likeness (QED) is 0.801. The van der Waals surface area contributed by atoms with E-state index < -0.39 is 0 Å². The molecule has 0 saturated carbocycles. The molecule has 2 aromatic rings. The third-order valence-electron chi connectivity index (χ3n) is 2.63. The van der Waals surface area contributed by atoms with Crippen molar-refractivity contribution in [2.75, 3.05) is 6.26 Å². The van der Waals surface area contributed by atoms with Gasteiger partial charge in [-0.25, -0.2) is 0 Å². The summed E-state index contributed by atoms with van der Waals surface area (Å²) in [6, 6.07) is 8.29. The summed E-state index contributed by atoms with van der Waals surface area (Å²) in [5.41, 5.74) is 2.87. The zero-order chi connectivity index (χ0) is 11.5. The summed E-state index contributed by atoms with van der Waals surface area (Å²) in [4.78, 5) is 12.7. The monoisotopic (exact) mass is 234 g/mol. The van der Waals surface area contributed by atoms with Gasteiger partial charge in [-0.15, -0.1) is 11.8 Å². The average Bonchev–Trinajstić information content (AvgIpc) is 2.62. The number of hydrogen-bond acceptors (Lipinski definition) is 2. The molecular formula is C12H14N2OS. The Hall–Kier alpha value is -1.42. The molecular weight excluding hydrogens is 220 g/mol. The number of H-pyrrole nitrogens is 2. The highest BCUT2D eigenvalue weighted by Gasteiger charge is 2.06. The van der Waals surface area contributed by atoms with Crippen molar-refractivity contribution in [3.8, 4) is 0 Å². The normalized spacial score (nSPS) is 10.6. The smallest absolute Gasteiger partial charge is 0.267 e. The van der Waals surface area contributed by atoms with Gasteiger partial charge in [-0.3, -0.25) is 9.89 Å². The SMILES string of the molecule is CSc1ccc(Cc2c(C)[nH][nH]c2=O)cc1. The number of rotatable bonds is 3. The standard InChI is InChI=1S/C12H14N2OS/c1-8-11(12(15)14-13-8)7-9-3-5-10(16-2)6-4-9/h3-6H,7H2,1-2H3,(H2,13,14,15). The van der Waals surface area contributed by atoms with Crippen LogP contribution in [0.15, 0.2) is 34.0 Å². The molecule has 0 aliphatic rings. The van der Waals surface area contributed by atoms with Crippen LogP contribution in [0, 0.1) is 6.92 Å². The fraction of sp³-hybridized carbons (Fsp3) is 0.250. The van der Waals surface area contributed by atoms with Crippen molar-refractivity contribution in [3.05, 3.63) is 51.4 Å². The maximum absolute atomic E-state index is 11.5. The lowest BCUT2D eigenvalue weighted by Crippen LogP contribution is -2.06. The van der Waals surface area contributed by atoms with Crippen LogP contribution in [0.25, 0.3) is 0 Å². The van der Waals surface area contributed by atoms with Crippen molar-refractivity contribution < 1.29 is 0 Å². The summed E-state index contributed by atoms with van der Waals surface area (Å²) in [7, 11) is 0. The summed E-state index contributed by atoms with van der Waals surface area (Å²) in [6.07, 6.45) is 2.73. The molecule has 0 aliphatic carbocycles. The Kier molecular flexibility index (Phi) is 3.19. The summed E-state index contributed by atoms with van der Waals surface area (Å²) < 4.78 is 0. The highest BCUT2D eigenvalue weighted by Crippen LogP contribution is 2.16. The number of thioether (sulfide) groups is 1. The third kappa shape index (κ3) is 2.22. The van der Waals surface area contributed by atoms with Gasteiger partial charge in [0, 0.05) is 22.6 Å². The lowest BCUT2D eigenvalue weighted by atomic mass is 10.1. The second-order valence-electron chi connectivity index (χ2n) is 3.71. The minimum Gasteiger partial charge on any atom is -0.302 e. The highest BCUT2D eigenvalue weighted by atomic mass is 32.2. The van der Waals surface area contributed by atoms with E-state index in [4.69, 9.17) is 0 Å². The van der Waals surface area contributed by atoms with Crippen LogP contribution in [0.3, 0.4) is 0 Å². The predicted octanol–water partition coefficient (Wildman–Crippen LogP) is 2.32. The second-order valence-corrected chi connectivity index (χ2v) is 4.59. The average molecular weight is 234 g/mol. The first-order chi connectivity index (χ1) is 7.70. The summed E-state index contributed by atoms with van der Waals surface area (Å²) in [6.45, 7) is 1.91. The first-order valence-electron chi connectivity index (χ1n) is 5.09. The fourth-order valence-electron chi connectivity index (χ4n) is 1.63. The van der Waals surface area contributed by atoms with Crippen LogP contribution < -0.4 is 5.56 Å². The van der Waals surface area contributed by atoms with Crippen molar-refractivity contribution in [1.29, 1.82) is 0 Å². The van der Waals surface area contributed by atoms with Gasteiger partial charge in [0.05, 0.1) is 0 Å². The maximum Gasteiger partial charge on any atom is 0.267 e. The Labute approximate surface area is 98.3 Å². The number of aromatic amines is 2. The van der Waals surface area contributed by atoms with Gasteiger partial charge in [-0.05, 0) is 30.9 Å². The van der Waals surface area contributed by atoms with Gasteiger partial charge in [-0.1, -0.05) is 12.1 Å². The molecule has 3 nitrogen and oxygen atoms in total. The Morgan fingerprint density at radius 3 is 2.38 bits per heavy atom. The number of hydrogen-bond donors (Lipinski definition) is 2. The van der Waals surface area contributed by atoms with Gasteiger partial charge >= 0.3 is 0 Å². The topological polar surface area (TPSA) is 48.6 Å². The van der Waals surface area contributed by atoms with Gasteiger partial charge in [0.2, 0.25) is 0 Å². The second kappa shape index (κ2) is 4.61. The zero-order valence-corrected chi connectivity index (χ0v) is 10.1. The Morgan fingerprint density at radius 1 is 1.19 bits per heavy atom. The highest BCUT2D eigenvalue weighted by molar-refractivity contribution is 7.98. The van der Waals surface area contributed by atoms with Crippen LogP contribution in [-0.2, 0) is 6.42 Å². The lowest BCUT2D eigenvalue weighted by molar-refractivity contribution is 1.02. The Balaban J connectivity index is 2.24. The summed E-state index contributed by atoms with van der Waals surface area (Å²) in [5.74, 6) is 0. The molecule has 2 N–H and O–H groups in total. The molecule has 2 rings (SSSR count). The minimum atomic E-state index is -0.0218. The van der Waals surface area contributed by atoms with Crippen LogP contribution in [-0.4, -0.2) is 16.5 Å². The number of nitrogens with one attached hydrogen (secondary N) is 2. The molecule has 1 aromatic carbocycles. The van der Waals surface area contributed by atoms with Crippen LogP contribution in [0.2, 0.25) is 0 Å². The van der Waals surface area contributed by atoms with Gasteiger partial charge < -0.3 is 5.10 Å². The molecule has 0 bridgehead atoms. The Morgan fingerprint density at radius 2 is 1.88 bits per heavy atom. The van der Waals surface area contributed by atoms with E-state index in [-0.39, 0.29) is 5.56 Å². The summed E-state index contributed by atoms with van der Waals surface area (Å²) in [5, 5.41) is 5.43. The largest absolute Gasteiger partial charge is 0.302 e. The molecule has 0 aliphatic heterocycles. The molecule has 0 fully saturated rings. The van der Waals surface area contributed by atoms with Gasteiger partial charge in [-0.2, -0.15) is 0 Å². The van der Waals surface area contributed by atoms with Crippen LogP contribution in [0.5, 0.6) is 0 Å². The predicted molar refractivity (Wildman–Crippen MR) is 67.2 cm³/mol. The zero-order valence-electron chi connectivity index (χ0n) is 9.33. The minimum absolute atomic E-state index is 0.0218.